The number of terminal acetylenes is 1. The van der Waals surface area contributed by atoms with Gasteiger partial charge in [0.15, 0.2) is 11.6 Å². The zero-order chi connectivity index (χ0) is 57.6. The van der Waals surface area contributed by atoms with Gasteiger partial charge in [0.25, 0.3) is 0 Å². The molecule has 0 aliphatic carbocycles. The lowest BCUT2D eigenvalue weighted by Crippen LogP contribution is -2.54. The number of aromatic nitrogens is 5. The van der Waals surface area contributed by atoms with Gasteiger partial charge in [-0.2, -0.15) is 9.97 Å². The summed E-state index contributed by atoms with van der Waals surface area (Å²) < 4.78 is 50.1. The van der Waals surface area contributed by atoms with Gasteiger partial charge in [-0.05, 0) is 99.9 Å². The molecular weight excluding hydrogens is 1060 g/mol. The third-order valence-corrected chi connectivity index (χ3v) is 17.8. The van der Waals surface area contributed by atoms with Crippen molar-refractivity contribution in [3.8, 4) is 45.8 Å². The largest absolute Gasteiger partial charge is 0.508 e. The number of anilines is 2. The van der Waals surface area contributed by atoms with Crippen molar-refractivity contribution in [2.24, 2.45) is 5.92 Å². The second-order valence-corrected chi connectivity index (χ2v) is 23.5. The highest BCUT2D eigenvalue weighted by Crippen LogP contribution is 2.40. The molecule has 3 N–H and O–H groups in total. The van der Waals surface area contributed by atoms with E-state index in [-0.39, 0.29) is 57.7 Å². The van der Waals surface area contributed by atoms with Gasteiger partial charge in [0.05, 0.1) is 45.3 Å². The van der Waals surface area contributed by atoms with Gasteiger partial charge in [0.1, 0.15) is 41.0 Å². The van der Waals surface area contributed by atoms with E-state index in [9.17, 15) is 19.1 Å². The Morgan fingerprint density at radius 2 is 1.68 bits per heavy atom. The summed E-state index contributed by atoms with van der Waals surface area (Å²) in [5.74, 6) is 4.09. The fraction of sp³-hybridized carbons (Fsp3) is 0.468. The molecule has 0 saturated carbocycles. The Balaban J connectivity index is 0.000000247. The van der Waals surface area contributed by atoms with E-state index in [0.29, 0.717) is 72.8 Å². The smallest absolute Gasteiger partial charge is 0.319 e. The molecule has 5 aliphatic rings. The SMILES string of the molecule is C#Cc1c(F)ccc2cc(O)cc(-c3ncc4c(N5CC6CCC(C5)N6)nc(OCCN5CCC(OC6CN(c7cc(C(C)C(C)C)on7)C6)CC5)nc4c3F)c12.CC1CCCN1C=O.Cc1ncsc1-c1ccc(C(C)NC=O)cc1. The quantitative estimate of drug-likeness (QED) is 0.0613. The van der Waals surface area contributed by atoms with Gasteiger partial charge in [0, 0.05) is 99.6 Å². The number of likely N-dealkylation sites (tertiary alicyclic amines) is 2. The molecule has 2 amide bonds. The molecule has 0 spiro atoms. The number of carbonyl (C=O) groups excluding carboxylic acids is 2. The number of nitrogens with one attached hydrogen (secondary N) is 2. The highest BCUT2D eigenvalue weighted by atomic mass is 32.1. The van der Waals surface area contributed by atoms with Crippen LogP contribution in [0.1, 0.15) is 108 Å². The summed E-state index contributed by atoms with van der Waals surface area (Å²) in [6.45, 7) is 19.3. The summed E-state index contributed by atoms with van der Waals surface area (Å²) in [5, 5.41) is 22.5. The first kappa shape index (κ1) is 57.9. The van der Waals surface area contributed by atoms with Gasteiger partial charge in [-0.3, -0.25) is 19.5 Å². The van der Waals surface area contributed by atoms with E-state index in [1.165, 1.54) is 47.5 Å². The number of piperidine rings is 1. The fourth-order valence-corrected chi connectivity index (χ4v) is 12.4. The van der Waals surface area contributed by atoms with E-state index in [4.69, 9.17) is 25.4 Å². The van der Waals surface area contributed by atoms with Crippen LogP contribution in [0.3, 0.4) is 0 Å². The topological polar surface area (TPSA) is 187 Å². The molecule has 5 saturated heterocycles. The van der Waals surface area contributed by atoms with Gasteiger partial charge < -0.3 is 44.4 Å². The molecule has 20 heteroatoms. The van der Waals surface area contributed by atoms with E-state index >= 15 is 4.39 Å². The van der Waals surface area contributed by atoms with Gasteiger partial charge in [-0.1, -0.05) is 62.2 Å². The number of rotatable bonds is 16. The van der Waals surface area contributed by atoms with Crippen LogP contribution in [0.15, 0.2) is 70.8 Å². The Morgan fingerprint density at radius 1 is 0.927 bits per heavy atom. The number of amides is 2. The van der Waals surface area contributed by atoms with E-state index in [2.05, 4.69) is 97.3 Å². The predicted molar refractivity (Wildman–Crippen MR) is 315 cm³/mol. The molecule has 9 heterocycles. The molecule has 4 aromatic heterocycles. The van der Waals surface area contributed by atoms with Crippen LogP contribution in [0.4, 0.5) is 20.4 Å². The molecule has 5 unspecified atom stereocenters. The Hall–Kier alpha value is -7.31. The maximum atomic E-state index is 16.9. The minimum Gasteiger partial charge on any atom is -0.508 e. The third-order valence-electron chi connectivity index (χ3n) is 16.8. The predicted octanol–water partition coefficient (Wildman–Crippen LogP) is 9.80. The van der Waals surface area contributed by atoms with E-state index in [0.717, 1.165) is 94.1 Å². The third kappa shape index (κ3) is 13.0. The zero-order valence-corrected chi connectivity index (χ0v) is 48.3. The van der Waals surface area contributed by atoms with Crippen molar-refractivity contribution in [3.63, 3.8) is 0 Å². The molecule has 82 heavy (non-hydrogen) atoms. The van der Waals surface area contributed by atoms with Crippen LogP contribution in [0.25, 0.3) is 43.4 Å². The van der Waals surface area contributed by atoms with Gasteiger partial charge in [0.2, 0.25) is 12.8 Å². The second-order valence-electron chi connectivity index (χ2n) is 22.6. The van der Waals surface area contributed by atoms with Crippen molar-refractivity contribution in [2.75, 3.05) is 68.8 Å². The summed E-state index contributed by atoms with van der Waals surface area (Å²) in [5.41, 5.74) is 5.24. The molecule has 2 bridgehead atoms. The number of nitrogens with zero attached hydrogens (tertiary/aromatic N) is 9. The number of aromatic hydroxyl groups is 1. The highest BCUT2D eigenvalue weighted by Gasteiger charge is 2.36. The van der Waals surface area contributed by atoms with Gasteiger partial charge in [-0.25, -0.2) is 13.8 Å². The van der Waals surface area contributed by atoms with Crippen molar-refractivity contribution in [3.05, 3.63) is 101 Å². The number of carbonyl (C=O) groups is 2. The maximum absolute atomic E-state index is 16.9. The van der Waals surface area contributed by atoms with Crippen molar-refractivity contribution >= 4 is 57.5 Å². The fourth-order valence-electron chi connectivity index (χ4n) is 11.5. The number of piperazine rings is 1. The summed E-state index contributed by atoms with van der Waals surface area (Å²) >= 11 is 1.64. The number of aryl methyl sites for hydroxylation is 1. The normalized spacial score (nSPS) is 20.0. The van der Waals surface area contributed by atoms with Crippen LogP contribution in [0, 0.1) is 36.8 Å². The van der Waals surface area contributed by atoms with Crippen molar-refractivity contribution in [1.29, 1.82) is 0 Å². The second kappa shape index (κ2) is 25.9. The van der Waals surface area contributed by atoms with E-state index in [1.54, 1.807) is 17.5 Å². The van der Waals surface area contributed by atoms with E-state index < -0.39 is 11.6 Å². The molecule has 12 rings (SSSR count). The van der Waals surface area contributed by atoms with Crippen molar-refractivity contribution < 1.29 is 37.5 Å². The molecule has 3 aromatic carbocycles. The Morgan fingerprint density at radius 3 is 2.33 bits per heavy atom. The molecular formula is C62H73F2N11O6S. The first-order chi connectivity index (χ1) is 39.7. The Kier molecular flexibility index (Phi) is 18.3. The summed E-state index contributed by atoms with van der Waals surface area (Å²) in [6, 6.07) is 17.0. The van der Waals surface area contributed by atoms with E-state index in [1.807, 2.05) is 36.4 Å². The first-order valence-electron chi connectivity index (χ1n) is 28.6. The number of phenols is 1. The highest BCUT2D eigenvalue weighted by molar-refractivity contribution is 7.13. The lowest BCUT2D eigenvalue weighted by atomic mass is 9.95. The number of hydrogen-bond donors (Lipinski definition) is 3. The molecule has 5 aliphatic heterocycles. The Labute approximate surface area is 481 Å². The first-order valence-corrected chi connectivity index (χ1v) is 29.5. The number of halogens is 2. The molecule has 17 nitrogen and oxygen atoms in total. The number of pyridine rings is 1. The summed E-state index contributed by atoms with van der Waals surface area (Å²) in [7, 11) is 0. The number of thiazole rings is 1. The lowest BCUT2D eigenvalue weighted by Gasteiger charge is -2.42. The average Bonchev–Trinajstić information content (AvgIpc) is 2.19. The van der Waals surface area contributed by atoms with Crippen LogP contribution in [-0.4, -0.2) is 142 Å². The van der Waals surface area contributed by atoms with Crippen LogP contribution in [0.2, 0.25) is 0 Å². The zero-order valence-electron chi connectivity index (χ0n) is 47.5. The summed E-state index contributed by atoms with van der Waals surface area (Å²) in [6.07, 6.45) is 15.7. The number of phenolic OH excluding ortho intramolecular Hbond substituents is 1. The minimum atomic E-state index is -0.735. The van der Waals surface area contributed by atoms with Crippen LogP contribution in [0.5, 0.6) is 11.8 Å². The standard InChI is InChI=1S/C43H48F2N8O4.C13H14N2OS.C6H11NO/c1-5-32-35(44)9-6-26-16-29(54)17-33(38(26)32)40-39(45)41-34(19-46-40)42(53-20-27-7-8-28(21-53)47-27)49-43(48-41)55-15-14-51-12-10-30(11-13-51)56-31-22-52(23-31)37-18-36(57-50-37)25(4)24(2)3;1-9(14-7-16)11-3-5-12(6-4-11)13-10(2)15-8-17-13;1-6-3-2-4-7(6)5-8/h1,6,9,16-19,24-25,27-28,30-31,47,54H,7-8,10-15,20-23H2,2-4H3;3-9H,1-2H3,(H,14,16);5-6H,2-4H2,1H3. The van der Waals surface area contributed by atoms with Crippen molar-refractivity contribution in [2.45, 2.75) is 122 Å². The van der Waals surface area contributed by atoms with Crippen LogP contribution < -0.4 is 25.2 Å². The molecule has 7 aromatic rings. The number of benzene rings is 3. The molecule has 0 radical (unpaired) electrons. The average molecular weight is 1140 g/mol. The lowest BCUT2D eigenvalue weighted by molar-refractivity contribution is -0.118. The van der Waals surface area contributed by atoms with Crippen LogP contribution in [-0.2, 0) is 14.3 Å². The molecule has 5 atom stereocenters. The number of hydrogen-bond acceptors (Lipinski definition) is 16. The van der Waals surface area contributed by atoms with Gasteiger partial charge >= 0.3 is 6.01 Å². The molecule has 5 fully saturated rings. The molecule has 432 valence electrons. The minimum absolute atomic E-state index is 0.0302. The number of ether oxygens (including phenoxy) is 2. The monoisotopic (exact) mass is 1140 g/mol. The van der Waals surface area contributed by atoms with Crippen molar-refractivity contribution in [1.82, 2.24) is 45.5 Å². The summed E-state index contributed by atoms with van der Waals surface area (Å²) in [4.78, 5) is 48.5. The maximum Gasteiger partial charge on any atom is 0.319 e. The Bertz CT molecular complexity index is 3380. The van der Waals surface area contributed by atoms with Gasteiger partial charge in [-0.15, -0.1) is 17.8 Å². The number of fused-ring (bicyclic) bond motifs is 4. The van der Waals surface area contributed by atoms with Crippen LogP contribution >= 0.6 is 11.3 Å².